The Balaban J connectivity index is 1.76. The molecule has 2 rings (SSSR count). The Morgan fingerprint density at radius 2 is 1.65 bits per heavy atom. The summed E-state index contributed by atoms with van der Waals surface area (Å²) in [4.78, 5) is 23.1. The van der Waals surface area contributed by atoms with Crippen LogP contribution in [0.3, 0.4) is 0 Å². The second-order valence-corrected chi connectivity index (χ2v) is 4.43. The molecule has 0 aliphatic carbocycles. The van der Waals surface area contributed by atoms with Gasteiger partial charge in [-0.2, -0.15) is 0 Å². The van der Waals surface area contributed by atoms with E-state index in [0.717, 1.165) is 11.1 Å². The van der Waals surface area contributed by atoms with E-state index in [1.165, 1.54) is 6.26 Å². The van der Waals surface area contributed by atoms with Crippen LogP contribution in [-0.2, 0) is 22.7 Å². The molecule has 1 aromatic carbocycles. The van der Waals surface area contributed by atoms with E-state index < -0.39 is 11.8 Å². The zero-order valence-corrected chi connectivity index (χ0v) is 11.2. The number of rotatable bonds is 4. The van der Waals surface area contributed by atoms with Crippen LogP contribution in [0.25, 0.3) is 0 Å². The monoisotopic (exact) mass is 272 g/mol. The van der Waals surface area contributed by atoms with Crippen molar-refractivity contribution in [2.24, 2.45) is 0 Å². The van der Waals surface area contributed by atoms with Crippen LogP contribution in [0.2, 0.25) is 0 Å². The first kappa shape index (κ1) is 13.9. The third-order valence-corrected chi connectivity index (χ3v) is 2.78. The summed E-state index contributed by atoms with van der Waals surface area (Å²) >= 11 is 0. The molecule has 0 spiro atoms. The lowest BCUT2D eigenvalue weighted by Crippen LogP contribution is -2.39. The predicted molar refractivity (Wildman–Crippen MR) is 73.6 cm³/mol. The second-order valence-electron chi connectivity index (χ2n) is 4.43. The molecule has 2 aromatic rings. The molecule has 0 saturated heterocycles. The summed E-state index contributed by atoms with van der Waals surface area (Å²) in [6, 6.07) is 11.2. The van der Waals surface area contributed by atoms with E-state index in [-0.39, 0.29) is 6.54 Å². The van der Waals surface area contributed by atoms with Crippen molar-refractivity contribution < 1.29 is 14.0 Å². The van der Waals surface area contributed by atoms with Crippen LogP contribution in [0.15, 0.2) is 47.1 Å². The maximum Gasteiger partial charge on any atom is 0.309 e. The van der Waals surface area contributed by atoms with Gasteiger partial charge in [-0.25, -0.2) is 0 Å². The zero-order chi connectivity index (χ0) is 14.4. The first-order valence-electron chi connectivity index (χ1n) is 6.29. The smallest absolute Gasteiger partial charge is 0.309 e. The number of hydrogen-bond acceptors (Lipinski definition) is 3. The summed E-state index contributed by atoms with van der Waals surface area (Å²) < 4.78 is 5.06. The van der Waals surface area contributed by atoms with E-state index in [2.05, 4.69) is 10.6 Å². The standard InChI is InChI=1S/C15H16N2O3/c1-11-4-6-12(7-5-11)9-16-14(18)15(19)17-10-13-3-2-8-20-13/h2-8H,9-10H2,1H3,(H,16,18)(H,17,19). The van der Waals surface area contributed by atoms with Crippen LogP contribution in [0.4, 0.5) is 0 Å². The Labute approximate surface area is 117 Å². The number of nitrogens with one attached hydrogen (secondary N) is 2. The van der Waals surface area contributed by atoms with Crippen LogP contribution >= 0.6 is 0 Å². The minimum absolute atomic E-state index is 0.198. The first-order chi connectivity index (χ1) is 9.65. The summed E-state index contributed by atoms with van der Waals surface area (Å²) in [5.41, 5.74) is 2.10. The molecule has 104 valence electrons. The number of carbonyl (C=O) groups excluding carboxylic acids is 2. The van der Waals surface area contributed by atoms with Crippen molar-refractivity contribution in [3.8, 4) is 0 Å². The maximum atomic E-state index is 11.6. The van der Waals surface area contributed by atoms with Crippen molar-refractivity contribution in [3.63, 3.8) is 0 Å². The lowest BCUT2D eigenvalue weighted by molar-refractivity contribution is -0.139. The van der Waals surface area contributed by atoms with Gasteiger partial charge in [0.25, 0.3) is 0 Å². The molecule has 0 unspecified atom stereocenters. The van der Waals surface area contributed by atoms with Crippen LogP contribution in [0.1, 0.15) is 16.9 Å². The molecule has 1 heterocycles. The van der Waals surface area contributed by atoms with Crippen LogP contribution < -0.4 is 10.6 Å². The van der Waals surface area contributed by atoms with Gasteiger partial charge in [0.15, 0.2) is 0 Å². The van der Waals surface area contributed by atoms with E-state index in [4.69, 9.17) is 4.42 Å². The van der Waals surface area contributed by atoms with Gasteiger partial charge in [0.1, 0.15) is 5.76 Å². The molecule has 5 heteroatoms. The Bertz CT molecular complexity index is 574. The van der Waals surface area contributed by atoms with Crippen molar-refractivity contribution in [1.29, 1.82) is 0 Å². The summed E-state index contributed by atoms with van der Waals surface area (Å²) in [5.74, 6) is -0.727. The summed E-state index contributed by atoms with van der Waals surface area (Å²) in [6.45, 7) is 2.52. The van der Waals surface area contributed by atoms with Crippen LogP contribution in [0.5, 0.6) is 0 Å². The SMILES string of the molecule is Cc1ccc(CNC(=O)C(=O)NCc2ccco2)cc1. The number of benzene rings is 1. The fourth-order valence-corrected chi connectivity index (χ4v) is 1.63. The van der Waals surface area contributed by atoms with Crippen molar-refractivity contribution >= 4 is 11.8 Å². The van der Waals surface area contributed by atoms with Crippen molar-refractivity contribution in [1.82, 2.24) is 10.6 Å². The molecule has 0 atom stereocenters. The highest BCUT2D eigenvalue weighted by atomic mass is 16.3. The Hall–Kier alpha value is -2.56. The first-order valence-corrected chi connectivity index (χ1v) is 6.29. The normalized spacial score (nSPS) is 10.1. The quantitative estimate of drug-likeness (QED) is 0.829. The summed E-state index contributed by atoms with van der Waals surface area (Å²) in [6.07, 6.45) is 1.51. The highest BCUT2D eigenvalue weighted by Gasteiger charge is 2.12. The van der Waals surface area contributed by atoms with Crippen molar-refractivity contribution in [2.45, 2.75) is 20.0 Å². The molecule has 5 nitrogen and oxygen atoms in total. The molecule has 0 aliphatic heterocycles. The van der Waals surface area contributed by atoms with Crippen LogP contribution in [0, 0.1) is 6.92 Å². The van der Waals surface area contributed by atoms with E-state index >= 15 is 0 Å². The topological polar surface area (TPSA) is 71.3 Å². The van der Waals surface area contributed by atoms with Gasteiger partial charge in [0, 0.05) is 6.54 Å². The molecule has 0 saturated carbocycles. The number of furan rings is 1. The minimum atomic E-state index is -0.673. The molecule has 0 aliphatic rings. The molecule has 2 N–H and O–H groups in total. The van der Waals surface area contributed by atoms with E-state index in [0.29, 0.717) is 12.3 Å². The van der Waals surface area contributed by atoms with Gasteiger partial charge in [0.2, 0.25) is 0 Å². The molecule has 1 aromatic heterocycles. The predicted octanol–water partition coefficient (Wildman–Crippen LogP) is 1.52. The average Bonchev–Trinajstić information content (AvgIpc) is 2.97. The third-order valence-electron chi connectivity index (χ3n) is 2.78. The van der Waals surface area contributed by atoms with Crippen molar-refractivity contribution in [2.75, 3.05) is 0 Å². The van der Waals surface area contributed by atoms with Gasteiger partial charge in [-0.15, -0.1) is 0 Å². The lowest BCUT2D eigenvalue weighted by atomic mass is 10.1. The fourth-order valence-electron chi connectivity index (χ4n) is 1.63. The van der Waals surface area contributed by atoms with E-state index in [1.54, 1.807) is 12.1 Å². The Morgan fingerprint density at radius 3 is 2.25 bits per heavy atom. The number of hydrogen-bond donors (Lipinski definition) is 2. The van der Waals surface area contributed by atoms with Crippen LogP contribution in [-0.4, -0.2) is 11.8 Å². The number of carbonyl (C=O) groups is 2. The maximum absolute atomic E-state index is 11.6. The lowest BCUT2D eigenvalue weighted by Gasteiger charge is -2.06. The molecule has 0 radical (unpaired) electrons. The highest BCUT2D eigenvalue weighted by Crippen LogP contribution is 2.02. The zero-order valence-electron chi connectivity index (χ0n) is 11.2. The van der Waals surface area contributed by atoms with Gasteiger partial charge >= 0.3 is 11.8 Å². The number of amides is 2. The fraction of sp³-hybridized carbons (Fsp3) is 0.200. The summed E-state index contributed by atoms with van der Waals surface area (Å²) in [7, 11) is 0. The highest BCUT2D eigenvalue weighted by molar-refractivity contribution is 6.35. The molecular weight excluding hydrogens is 256 g/mol. The Morgan fingerprint density at radius 1 is 1.00 bits per heavy atom. The molecule has 0 fully saturated rings. The Kier molecular flexibility index (Phi) is 4.55. The van der Waals surface area contributed by atoms with E-state index in [9.17, 15) is 9.59 Å². The number of aryl methyl sites for hydroxylation is 1. The molecule has 2 amide bonds. The largest absolute Gasteiger partial charge is 0.467 e. The molecule has 20 heavy (non-hydrogen) atoms. The van der Waals surface area contributed by atoms with E-state index in [1.807, 2.05) is 31.2 Å². The van der Waals surface area contributed by atoms with Crippen molar-refractivity contribution in [3.05, 3.63) is 59.5 Å². The molecule has 0 bridgehead atoms. The van der Waals surface area contributed by atoms with Gasteiger partial charge in [-0.1, -0.05) is 29.8 Å². The third kappa shape index (κ3) is 3.98. The van der Waals surface area contributed by atoms with Gasteiger partial charge < -0.3 is 15.1 Å². The minimum Gasteiger partial charge on any atom is -0.467 e. The second kappa shape index (κ2) is 6.56. The van der Waals surface area contributed by atoms with Gasteiger partial charge in [-0.3, -0.25) is 9.59 Å². The van der Waals surface area contributed by atoms with Gasteiger partial charge in [-0.05, 0) is 24.6 Å². The summed E-state index contributed by atoms with van der Waals surface area (Å²) in [5, 5.41) is 5.05. The molecular formula is C15H16N2O3. The average molecular weight is 272 g/mol. The van der Waals surface area contributed by atoms with Gasteiger partial charge in [0.05, 0.1) is 12.8 Å².